The van der Waals surface area contributed by atoms with E-state index in [-0.39, 0.29) is 34.8 Å². The van der Waals surface area contributed by atoms with Crippen LogP contribution in [0.25, 0.3) is 0 Å². The molecule has 0 atom stereocenters. The van der Waals surface area contributed by atoms with Crippen LogP contribution in [0.3, 0.4) is 0 Å². The van der Waals surface area contributed by atoms with Crippen LogP contribution < -0.4 is 4.90 Å². The Kier molecular flexibility index (Phi) is 9.03. The van der Waals surface area contributed by atoms with Gasteiger partial charge < -0.3 is 14.8 Å². The van der Waals surface area contributed by atoms with E-state index in [4.69, 9.17) is 11.3 Å². The molecule has 7 heteroatoms. The minimum Gasteiger partial charge on any atom is -0.477 e. The Hall–Kier alpha value is -2.77. The lowest BCUT2D eigenvalue weighted by Gasteiger charge is -2.38. The molecule has 0 unspecified atom stereocenters. The highest BCUT2D eigenvalue weighted by atomic mass is 32.1. The second kappa shape index (κ2) is 11.8. The number of amides is 1. The van der Waals surface area contributed by atoms with Crippen molar-refractivity contribution >= 4 is 34.6 Å². The second-order valence-corrected chi connectivity index (χ2v) is 11.7. The first kappa shape index (κ1) is 26.8. The van der Waals surface area contributed by atoms with E-state index < -0.39 is 5.97 Å². The minimum absolute atomic E-state index is 0.0431. The summed E-state index contributed by atoms with van der Waals surface area (Å²) in [4.78, 5) is 33.9. The lowest BCUT2D eigenvalue weighted by Crippen LogP contribution is -2.46. The molecule has 2 fully saturated rings. The van der Waals surface area contributed by atoms with Crippen LogP contribution in [-0.2, 0) is 9.63 Å². The molecule has 2 aliphatic rings. The summed E-state index contributed by atoms with van der Waals surface area (Å²) in [5.41, 5.74) is 1.21. The fourth-order valence-corrected chi connectivity index (χ4v) is 5.51. The Morgan fingerprint density at radius 1 is 1.20 bits per heavy atom. The number of carbonyl (C=O) groups is 2. The first-order chi connectivity index (χ1) is 16.6. The summed E-state index contributed by atoms with van der Waals surface area (Å²) in [6.07, 6.45) is 11.7. The van der Waals surface area contributed by atoms with Crippen molar-refractivity contribution < 1.29 is 19.5 Å². The fraction of sp³-hybridized carbons (Fsp3) is 0.607. The Morgan fingerprint density at radius 2 is 1.86 bits per heavy atom. The van der Waals surface area contributed by atoms with Gasteiger partial charge in [0.2, 0.25) is 5.91 Å². The Labute approximate surface area is 213 Å². The number of carbonyl (C=O) groups excluding carboxylic acids is 1. The van der Waals surface area contributed by atoms with Gasteiger partial charge in [0.25, 0.3) is 0 Å². The molecule has 35 heavy (non-hydrogen) atoms. The van der Waals surface area contributed by atoms with Crippen LogP contribution in [0.4, 0.5) is 5.69 Å². The standard InChI is InChI=1S/C28H36N2O4S/c1-6-17-34-29-21-11-13-22(14-12-21)30(26(31)20-9-7-19(2)8-10-20)24-18-23(15-16-28(3,4)5)35-25(24)27(32)33/h1,18-20,22H,7-14,17H2,2-5H3,(H,32,33)/t19-,20-,22?. The molecule has 188 valence electrons. The molecule has 2 saturated carbocycles. The fourth-order valence-electron chi connectivity index (χ4n) is 4.67. The number of rotatable bonds is 6. The third kappa shape index (κ3) is 7.36. The monoisotopic (exact) mass is 496 g/mol. The smallest absolute Gasteiger partial charge is 0.348 e. The highest BCUT2D eigenvalue weighted by molar-refractivity contribution is 7.15. The molecule has 0 bridgehead atoms. The molecule has 0 radical (unpaired) electrons. The minimum atomic E-state index is -1.02. The van der Waals surface area contributed by atoms with Gasteiger partial charge in [-0.15, -0.1) is 17.8 Å². The van der Waals surface area contributed by atoms with E-state index in [0.717, 1.165) is 42.7 Å². The van der Waals surface area contributed by atoms with Gasteiger partial charge in [-0.25, -0.2) is 4.79 Å². The zero-order valence-corrected chi connectivity index (χ0v) is 22.0. The molecule has 3 rings (SSSR count). The largest absolute Gasteiger partial charge is 0.477 e. The number of terminal acetylenes is 1. The van der Waals surface area contributed by atoms with E-state index in [9.17, 15) is 14.7 Å². The molecule has 0 aliphatic heterocycles. The van der Waals surface area contributed by atoms with E-state index in [2.05, 4.69) is 29.8 Å². The normalized spacial score (nSPS) is 22.4. The topological polar surface area (TPSA) is 79.2 Å². The first-order valence-corrected chi connectivity index (χ1v) is 13.2. The summed E-state index contributed by atoms with van der Waals surface area (Å²) >= 11 is 1.15. The molecule has 1 amide bonds. The van der Waals surface area contributed by atoms with Gasteiger partial charge in [0.05, 0.1) is 16.3 Å². The highest BCUT2D eigenvalue weighted by Gasteiger charge is 2.37. The van der Waals surface area contributed by atoms with E-state index in [1.54, 1.807) is 11.0 Å². The van der Waals surface area contributed by atoms with Crippen LogP contribution in [0.2, 0.25) is 0 Å². The van der Waals surface area contributed by atoms with Crippen molar-refractivity contribution in [1.82, 2.24) is 0 Å². The molecular formula is C28H36N2O4S. The van der Waals surface area contributed by atoms with Crippen LogP contribution in [0.5, 0.6) is 0 Å². The van der Waals surface area contributed by atoms with E-state index in [1.807, 2.05) is 20.8 Å². The van der Waals surface area contributed by atoms with Crippen LogP contribution in [0.15, 0.2) is 11.2 Å². The molecular weight excluding hydrogens is 460 g/mol. The van der Waals surface area contributed by atoms with Crippen molar-refractivity contribution in [3.8, 4) is 24.2 Å². The zero-order chi connectivity index (χ0) is 25.6. The van der Waals surface area contributed by atoms with Gasteiger partial charge in [-0.2, -0.15) is 0 Å². The summed E-state index contributed by atoms with van der Waals surface area (Å²) in [5.74, 6) is 8.28. The number of aromatic carboxylic acids is 1. The van der Waals surface area contributed by atoms with E-state index in [0.29, 0.717) is 42.2 Å². The Bertz CT molecular complexity index is 1050. The highest BCUT2D eigenvalue weighted by Crippen LogP contribution is 2.38. The van der Waals surface area contributed by atoms with Crippen molar-refractivity contribution in [2.75, 3.05) is 11.5 Å². The molecule has 2 aliphatic carbocycles. The van der Waals surface area contributed by atoms with Crippen molar-refractivity contribution in [3.05, 3.63) is 15.8 Å². The number of hydrogen-bond donors (Lipinski definition) is 1. The number of anilines is 1. The number of carboxylic acids is 1. The third-order valence-electron chi connectivity index (χ3n) is 6.57. The van der Waals surface area contributed by atoms with Gasteiger partial charge in [-0.3, -0.25) is 4.79 Å². The molecule has 6 nitrogen and oxygen atoms in total. The van der Waals surface area contributed by atoms with E-state index in [1.165, 1.54) is 0 Å². The van der Waals surface area contributed by atoms with E-state index >= 15 is 0 Å². The molecule has 1 aromatic rings. The summed E-state index contributed by atoms with van der Waals surface area (Å²) in [6.45, 7) is 8.40. The van der Waals surface area contributed by atoms with Crippen LogP contribution in [0, 0.1) is 41.4 Å². The summed E-state index contributed by atoms with van der Waals surface area (Å²) in [7, 11) is 0. The predicted octanol–water partition coefficient (Wildman–Crippen LogP) is 5.95. The lowest BCUT2D eigenvalue weighted by molar-refractivity contribution is -0.124. The number of carboxylic acid groups (broad SMARTS) is 1. The number of thiophene rings is 1. The van der Waals surface area contributed by atoms with Gasteiger partial charge in [0.15, 0.2) is 6.61 Å². The van der Waals surface area contributed by atoms with Crippen molar-refractivity contribution in [3.63, 3.8) is 0 Å². The first-order valence-electron chi connectivity index (χ1n) is 12.4. The third-order valence-corrected chi connectivity index (χ3v) is 7.60. The van der Waals surface area contributed by atoms with Crippen molar-refractivity contribution in [2.45, 2.75) is 85.1 Å². The molecule has 0 aromatic carbocycles. The Morgan fingerprint density at radius 3 is 2.43 bits per heavy atom. The molecule has 1 heterocycles. The van der Waals surface area contributed by atoms with Crippen molar-refractivity contribution in [2.24, 2.45) is 22.4 Å². The molecule has 0 spiro atoms. The number of hydrogen-bond acceptors (Lipinski definition) is 5. The van der Waals surface area contributed by atoms with Crippen LogP contribution in [0.1, 0.15) is 93.6 Å². The predicted molar refractivity (Wildman–Crippen MR) is 141 cm³/mol. The van der Waals surface area contributed by atoms with Gasteiger partial charge >= 0.3 is 5.97 Å². The van der Waals surface area contributed by atoms with Gasteiger partial charge in [-0.05, 0) is 84.1 Å². The Balaban J connectivity index is 1.94. The van der Waals surface area contributed by atoms with Gasteiger partial charge in [-0.1, -0.05) is 29.8 Å². The summed E-state index contributed by atoms with van der Waals surface area (Å²) in [5, 5.41) is 14.2. The maximum atomic E-state index is 13.9. The van der Waals surface area contributed by atoms with Crippen LogP contribution in [-0.4, -0.2) is 35.3 Å². The van der Waals surface area contributed by atoms with Crippen molar-refractivity contribution in [1.29, 1.82) is 0 Å². The summed E-state index contributed by atoms with van der Waals surface area (Å²) < 4.78 is 0. The van der Waals surface area contributed by atoms with Gasteiger partial charge in [0.1, 0.15) is 4.88 Å². The maximum Gasteiger partial charge on any atom is 0.348 e. The average Bonchev–Trinajstić information content (AvgIpc) is 3.23. The number of oxime groups is 1. The molecule has 1 N–H and O–H groups in total. The maximum absolute atomic E-state index is 13.9. The molecule has 1 aromatic heterocycles. The second-order valence-electron chi connectivity index (χ2n) is 10.7. The average molecular weight is 497 g/mol. The zero-order valence-electron chi connectivity index (χ0n) is 21.2. The SMILES string of the molecule is C#CCON=C1CCC(N(c2cc(C#CC(C)(C)C)sc2C(=O)O)C(=O)[C@H]2CC[C@H](C)CC2)CC1. The molecule has 0 saturated heterocycles. The summed E-state index contributed by atoms with van der Waals surface area (Å²) in [6, 6.07) is 1.71. The van der Waals surface area contributed by atoms with Crippen LogP contribution >= 0.6 is 11.3 Å². The number of nitrogens with zero attached hydrogens (tertiary/aromatic N) is 2. The van der Waals surface area contributed by atoms with Gasteiger partial charge in [0, 0.05) is 17.4 Å². The quantitative estimate of drug-likeness (QED) is 0.300. The lowest BCUT2D eigenvalue weighted by atomic mass is 9.81.